The zero-order valence-corrected chi connectivity index (χ0v) is 11.6. The molecule has 5 nitrogen and oxygen atoms in total. The van der Waals surface area contributed by atoms with Gasteiger partial charge in [0.15, 0.2) is 0 Å². The minimum absolute atomic E-state index is 0.328. The largest absolute Gasteiger partial charge is 0.444 e. The Morgan fingerprint density at radius 1 is 1.12 bits per heavy atom. The second-order valence-electron chi connectivity index (χ2n) is 4.71. The molecule has 0 aromatic carbocycles. The summed E-state index contributed by atoms with van der Waals surface area (Å²) >= 11 is 0. The molecule has 0 fully saturated rings. The number of carbonyl (C=O) groups excluding carboxylic acids is 1. The van der Waals surface area contributed by atoms with Gasteiger partial charge in [-0.2, -0.15) is 0 Å². The van der Waals surface area contributed by atoms with Gasteiger partial charge in [-0.3, -0.25) is 0 Å². The quantitative estimate of drug-likeness (QED) is 0.645. The summed E-state index contributed by atoms with van der Waals surface area (Å²) in [6, 6.07) is 0. The fourth-order valence-electron chi connectivity index (χ4n) is 0.997. The number of likely N-dealkylation sites (N-methyl/N-ethyl adjacent to an activating group) is 1. The lowest BCUT2D eigenvalue weighted by Crippen LogP contribution is -2.36. The van der Waals surface area contributed by atoms with Crippen LogP contribution in [0.2, 0.25) is 0 Å². The van der Waals surface area contributed by atoms with E-state index >= 15 is 0 Å². The highest BCUT2D eigenvalue weighted by atomic mass is 16.6. The van der Waals surface area contributed by atoms with E-state index in [1.807, 2.05) is 27.7 Å². The van der Waals surface area contributed by atoms with E-state index in [-0.39, 0.29) is 6.09 Å². The molecule has 0 aromatic heterocycles. The lowest BCUT2D eigenvalue weighted by atomic mass is 10.2. The molecule has 1 amide bonds. The molecule has 0 saturated carbocycles. The maximum Gasteiger partial charge on any atom is 0.410 e. The Bertz CT molecular complexity index is 213. The van der Waals surface area contributed by atoms with Gasteiger partial charge in [-0.1, -0.05) is 0 Å². The van der Waals surface area contributed by atoms with Crippen molar-refractivity contribution in [2.45, 2.75) is 33.3 Å². The summed E-state index contributed by atoms with van der Waals surface area (Å²) < 4.78 is 15.6. The molecule has 0 atom stereocenters. The zero-order valence-electron chi connectivity index (χ0n) is 11.6. The van der Waals surface area contributed by atoms with Crippen molar-refractivity contribution >= 4 is 6.09 Å². The third-order valence-corrected chi connectivity index (χ3v) is 1.85. The zero-order chi connectivity index (χ0) is 13.3. The Kier molecular flexibility index (Phi) is 7.91. The number of rotatable bonds is 7. The first-order valence-corrected chi connectivity index (χ1v) is 5.96. The average molecular weight is 247 g/mol. The minimum Gasteiger partial charge on any atom is -0.444 e. The molecule has 0 aromatic rings. The molecule has 0 N–H and O–H groups in total. The molecule has 0 rings (SSSR count). The van der Waals surface area contributed by atoms with Gasteiger partial charge in [0.1, 0.15) is 5.60 Å². The first kappa shape index (κ1) is 16.2. The van der Waals surface area contributed by atoms with Gasteiger partial charge in [-0.25, -0.2) is 4.79 Å². The molecule has 0 heterocycles. The molecule has 0 unspecified atom stereocenters. The molecule has 0 saturated heterocycles. The van der Waals surface area contributed by atoms with E-state index in [2.05, 4.69) is 0 Å². The lowest BCUT2D eigenvalue weighted by Gasteiger charge is -2.24. The smallest absolute Gasteiger partial charge is 0.410 e. The van der Waals surface area contributed by atoms with E-state index in [9.17, 15) is 4.79 Å². The summed E-state index contributed by atoms with van der Waals surface area (Å²) in [5.41, 5.74) is -0.457. The van der Waals surface area contributed by atoms with Crippen LogP contribution in [0, 0.1) is 0 Å². The van der Waals surface area contributed by atoms with Crippen LogP contribution in [0.3, 0.4) is 0 Å². The maximum atomic E-state index is 11.5. The van der Waals surface area contributed by atoms with Crippen molar-refractivity contribution in [2.24, 2.45) is 0 Å². The topological polar surface area (TPSA) is 48.0 Å². The van der Waals surface area contributed by atoms with Crippen molar-refractivity contribution in [3.05, 3.63) is 0 Å². The molecule has 102 valence electrons. The highest BCUT2D eigenvalue weighted by Gasteiger charge is 2.19. The SMILES string of the molecule is CCOCCOCCN(C)C(=O)OC(C)(C)C. The van der Waals surface area contributed by atoms with Crippen molar-refractivity contribution in [2.75, 3.05) is 40.0 Å². The number of nitrogens with zero attached hydrogens (tertiary/aromatic N) is 1. The van der Waals surface area contributed by atoms with Crippen molar-refractivity contribution < 1.29 is 19.0 Å². The monoisotopic (exact) mass is 247 g/mol. The molecular formula is C12H25NO4. The third-order valence-electron chi connectivity index (χ3n) is 1.85. The number of hydrogen-bond donors (Lipinski definition) is 0. The van der Waals surface area contributed by atoms with Crippen LogP contribution in [0.5, 0.6) is 0 Å². The third kappa shape index (κ3) is 10.1. The van der Waals surface area contributed by atoms with Crippen molar-refractivity contribution in [3.63, 3.8) is 0 Å². The maximum absolute atomic E-state index is 11.5. The fourth-order valence-corrected chi connectivity index (χ4v) is 0.997. The molecular weight excluding hydrogens is 222 g/mol. The van der Waals surface area contributed by atoms with E-state index in [4.69, 9.17) is 14.2 Å². The number of hydrogen-bond acceptors (Lipinski definition) is 4. The van der Waals surface area contributed by atoms with E-state index in [1.165, 1.54) is 4.90 Å². The van der Waals surface area contributed by atoms with Gasteiger partial charge in [0.2, 0.25) is 0 Å². The Hall–Kier alpha value is -0.810. The molecule has 0 spiro atoms. The van der Waals surface area contributed by atoms with Crippen LogP contribution in [0.4, 0.5) is 4.79 Å². The van der Waals surface area contributed by atoms with Crippen LogP contribution in [0.25, 0.3) is 0 Å². The van der Waals surface area contributed by atoms with Gasteiger partial charge in [-0.15, -0.1) is 0 Å². The van der Waals surface area contributed by atoms with Crippen LogP contribution in [0.15, 0.2) is 0 Å². The van der Waals surface area contributed by atoms with Gasteiger partial charge in [0, 0.05) is 20.2 Å². The molecule has 0 radical (unpaired) electrons. The number of ether oxygens (including phenoxy) is 3. The molecule has 0 aliphatic rings. The van der Waals surface area contributed by atoms with E-state index in [0.717, 1.165) is 0 Å². The van der Waals surface area contributed by atoms with Gasteiger partial charge < -0.3 is 19.1 Å². The summed E-state index contributed by atoms with van der Waals surface area (Å²) in [5.74, 6) is 0. The second kappa shape index (κ2) is 8.31. The van der Waals surface area contributed by atoms with Gasteiger partial charge in [0.25, 0.3) is 0 Å². The first-order chi connectivity index (χ1) is 7.87. The van der Waals surface area contributed by atoms with Gasteiger partial charge in [0.05, 0.1) is 19.8 Å². The summed E-state index contributed by atoms with van der Waals surface area (Å²) in [5, 5.41) is 0. The average Bonchev–Trinajstić information content (AvgIpc) is 2.20. The fraction of sp³-hybridized carbons (Fsp3) is 0.917. The summed E-state index contributed by atoms with van der Waals surface area (Å²) in [6.07, 6.45) is -0.328. The van der Waals surface area contributed by atoms with E-state index in [0.29, 0.717) is 33.0 Å². The lowest BCUT2D eigenvalue weighted by molar-refractivity contribution is 0.0169. The summed E-state index contributed by atoms with van der Waals surface area (Å²) in [6.45, 7) is 10.3. The molecule has 0 bridgehead atoms. The number of carbonyl (C=O) groups is 1. The highest BCUT2D eigenvalue weighted by Crippen LogP contribution is 2.08. The van der Waals surface area contributed by atoms with E-state index in [1.54, 1.807) is 7.05 Å². The number of amides is 1. The van der Waals surface area contributed by atoms with Crippen LogP contribution < -0.4 is 0 Å². The minimum atomic E-state index is -0.457. The molecule has 0 aliphatic carbocycles. The standard InChI is InChI=1S/C12H25NO4/c1-6-15-9-10-16-8-7-13(5)11(14)17-12(2,3)4/h6-10H2,1-5H3. The highest BCUT2D eigenvalue weighted by molar-refractivity contribution is 5.67. The Labute approximate surface area is 104 Å². The molecule has 5 heteroatoms. The van der Waals surface area contributed by atoms with Crippen LogP contribution in [-0.2, 0) is 14.2 Å². The van der Waals surface area contributed by atoms with Crippen LogP contribution in [-0.4, -0.2) is 56.6 Å². The summed E-state index contributed by atoms with van der Waals surface area (Å²) in [4.78, 5) is 13.1. The van der Waals surface area contributed by atoms with Crippen LogP contribution >= 0.6 is 0 Å². The normalized spacial score (nSPS) is 11.4. The summed E-state index contributed by atoms with van der Waals surface area (Å²) in [7, 11) is 1.69. The Morgan fingerprint density at radius 3 is 2.24 bits per heavy atom. The second-order valence-corrected chi connectivity index (χ2v) is 4.71. The Balaban J connectivity index is 3.58. The van der Waals surface area contributed by atoms with Crippen molar-refractivity contribution in [1.82, 2.24) is 4.90 Å². The van der Waals surface area contributed by atoms with Crippen molar-refractivity contribution in [1.29, 1.82) is 0 Å². The predicted octanol–water partition coefficient (Wildman–Crippen LogP) is 1.91. The molecule has 17 heavy (non-hydrogen) atoms. The Morgan fingerprint density at radius 2 is 1.71 bits per heavy atom. The first-order valence-electron chi connectivity index (χ1n) is 5.96. The van der Waals surface area contributed by atoms with Gasteiger partial charge in [-0.05, 0) is 27.7 Å². The van der Waals surface area contributed by atoms with Crippen molar-refractivity contribution in [3.8, 4) is 0 Å². The molecule has 0 aliphatic heterocycles. The van der Waals surface area contributed by atoms with Crippen LogP contribution in [0.1, 0.15) is 27.7 Å². The predicted molar refractivity (Wildman–Crippen MR) is 66.2 cm³/mol. The van der Waals surface area contributed by atoms with Gasteiger partial charge >= 0.3 is 6.09 Å². The van der Waals surface area contributed by atoms with E-state index < -0.39 is 5.60 Å².